The molecule has 1 saturated carbocycles. The van der Waals surface area contributed by atoms with Crippen LogP contribution in [0.3, 0.4) is 0 Å². The van der Waals surface area contributed by atoms with E-state index in [0.29, 0.717) is 17.9 Å². The molecule has 108 valence electrons. The Hall–Kier alpha value is -0.830. The monoisotopic (exact) mass is 264 g/mol. The van der Waals surface area contributed by atoms with Crippen LogP contribution < -0.4 is 0 Å². The van der Waals surface area contributed by atoms with Gasteiger partial charge in [-0.1, -0.05) is 24.5 Å². The Morgan fingerprint density at radius 1 is 1.42 bits per heavy atom. The summed E-state index contributed by atoms with van der Waals surface area (Å²) in [4.78, 5) is 16.7. The third-order valence-electron chi connectivity index (χ3n) is 4.59. The van der Waals surface area contributed by atoms with Crippen LogP contribution in [0.25, 0.3) is 0 Å². The molecule has 3 nitrogen and oxygen atoms in total. The van der Waals surface area contributed by atoms with E-state index in [2.05, 4.69) is 36.8 Å². The quantitative estimate of drug-likeness (QED) is 0.713. The topological polar surface area (TPSA) is 23.6 Å². The van der Waals surface area contributed by atoms with Gasteiger partial charge in [-0.25, -0.2) is 0 Å². The van der Waals surface area contributed by atoms with Crippen molar-refractivity contribution in [1.82, 2.24) is 9.80 Å². The first-order valence-corrected chi connectivity index (χ1v) is 7.70. The van der Waals surface area contributed by atoms with Crippen LogP contribution in [0.2, 0.25) is 0 Å². The van der Waals surface area contributed by atoms with Gasteiger partial charge in [0.2, 0.25) is 5.91 Å². The van der Waals surface area contributed by atoms with Gasteiger partial charge >= 0.3 is 0 Å². The summed E-state index contributed by atoms with van der Waals surface area (Å²) in [6.45, 7) is 7.30. The molecule has 1 saturated heterocycles. The van der Waals surface area contributed by atoms with E-state index >= 15 is 0 Å². The van der Waals surface area contributed by atoms with Crippen molar-refractivity contribution in [1.29, 1.82) is 0 Å². The molecular formula is C16H28N2O. The van der Waals surface area contributed by atoms with E-state index in [1.807, 2.05) is 0 Å². The largest absolute Gasteiger partial charge is 0.339 e. The van der Waals surface area contributed by atoms with Gasteiger partial charge in [-0.05, 0) is 39.7 Å². The second-order valence-corrected chi connectivity index (χ2v) is 6.39. The molecule has 1 aliphatic heterocycles. The fraction of sp³-hybridized carbons (Fsp3) is 0.812. The molecule has 1 unspecified atom stereocenters. The number of likely N-dealkylation sites (tertiary alicyclic amines) is 1. The molecular weight excluding hydrogens is 236 g/mol. The van der Waals surface area contributed by atoms with Gasteiger partial charge in [0, 0.05) is 32.1 Å². The lowest BCUT2D eigenvalue weighted by Crippen LogP contribution is -2.35. The predicted molar refractivity (Wildman–Crippen MR) is 79.0 cm³/mol. The summed E-state index contributed by atoms with van der Waals surface area (Å²) in [7, 11) is 2.16. The first-order valence-electron chi connectivity index (χ1n) is 7.70. The zero-order valence-corrected chi connectivity index (χ0v) is 12.7. The molecule has 0 bridgehead atoms. The summed E-state index contributed by atoms with van der Waals surface area (Å²) < 4.78 is 0. The highest BCUT2D eigenvalue weighted by Gasteiger charge is 2.35. The standard InChI is InChI=1S/C16H28N2O/c1-4-13(2)10-17(3)11-14-9-16(19)18(12-14)15-7-5-6-8-15/h4,14-15H,5-12H2,1-3H3. The SMILES string of the molecule is CC=C(C)CN(C)CC1CC(=O)N(C2CCCC2)C1. The molecule has 19 heavy (non-hydrogen) atoms. The Bertz CT molecular complexity index is 345. The van der Waals surface area contributed by atoms with Crippen LogP contribution >= 0.6 is 0 Å². The summed E-state index contributed by atoms with van der Waals surface area (Å²) in [6.07, 6.45) is 7.99. The average molecular weight is 264 g/mol. The molecule has 1 aliphatic carbocycles. The van der Waals surface area contributed by atoms with E-state index in [-0.39, 0.29) is 0 Å². The van der Waals surface area contributed by atoms with Crippen molar-refractivity contribution in [2.75, 3.05) is 26.7 Å². The molecule has 0 aromatic carbocycles. The molecule has 1 amide bonds. The molecule has 1 atom stereocenters. The third kappa shape index (κ3) is 3.82. The number of hydrogen-bond donors (Lipinski definition) is 0. The number of allylic oxidation sites excluding steroid dienone is 1. The predicted octanol–water partition coefficient (Wildman–Crippen LogP) is 2.68. The Morgan fingerprint density at radius 2 is 2.11 bits per heavy atom. The molecule has 0 radical (unpaired) electrons. The fourth-order valence-corrected chi connectivity index (χ4v) is 3.52. The van der Waals surface area contributed by atoms with E-state index in [4.69, 9.17) is 0 Å². The maximum absolute atomic E-state index is 12.1. The molecule has 2 rings (SSSR count). The number of rotatable bonds is 5. The van der Waals surface area contributed by atoms with Crippen molar-refractivity contribution >= 4 is 5.91 Å². The fourth-order valence-electron chi connectivity index (χ4n) is 3.52. The summed E-state index contributed by atoms with van der Waals surface area (Å²) in [5, 5.41) is 0. The van der Waals surface area contributed by atoms with Crippen molar-refractivity contribution < 1.29 is 4.79 Å². The van der Waals surface area contributed by atoms with Gasteiger partial charge < -0.3 is 9.80 Å². The minimum absolute atomic E-state index is 0.396. The highest BCUT2D eigenvalue weighted by Crippen LogP contribution is 2.29. The zero-order chi connectivity index (χ0) is 13.8. The lowest BCUT2D eigenvalue weighted by atomic mass is 10.1. The number of hydrogen-bond acceptors (Lipinski definition) is 2. The average Bonchev–Trinajstić information content (AvgIpc) is 2.98. The Morgan fingerprint density at radius 3 is 2.74 bits per heavy atom. The highest BCUT2D eigenvalue weighted by atomic mass is 16.2. The van der Waals surface area contributed by atoms with Crippen molar-refractivity contribution in [3.8, 4) is 0 Å². The summed E-state index contributed by atoms with van der Waals surface area (Å²) in [5.74, 6) is 0.927. The molecule has 0 aromatic rings. The van der Waals surface area contributed by atoms with Crippen LogP contribution in [0.15, 0.2) is 11.6 Å². The van der Waals surface area contributed by atoms with Crippen LogP contribution in [0.5, 0.6) is 0 Å². The molecule has 2 aliphatic rings. The van der Waals surface area contributed by atoms with Gasteiger partial charge in [-0.3, -0.25) is 4.79 Å². The zero-order valence-electron chi connectivity index (χ0n) is 12.7. The molecule has 0 aromatic heterocycles. The molecule has 0 spiro atoms. The third-order valence-corrected chi connectivity index (χ3v) is 4.59. The minimum Gasteiger partial charge on any atom is -0.339 e. The number of amides is 1. The Balaban J connectivity index is 1.81. The summed E-state index contributed by atoms with van der Waals surface area (Å²) in [6, 6.07) is 0.556. The molecule has 2 fully saturated rings. The molecule has 3 heteroatoms. The normalized spacial score (nSPS) is 25.9. The molecule has 1 heterocycles. The van der Waals surface area contributed by atoms with E-state index in [9.17, 15) is 4.79 Å². The maximum Gasteiger partial charge on any atom is 0.223 e. The van der Waals surface area contributed by atoms with Crippen LogP contribution in [0.1, 0.15) is 46.0 Å². The van der Waals surface area contributed by atoms with E-state index in [1.54, 1.807) is 0 Å². The lowest BCUT2D eigenvalue weighted by molar-refractivity contribution is -0.129. The summed E-state index contributed by atoms with van der Waals surface area (Å²) in [5.41, 5.74) is 1.40. The number of carbonyl (C=O) groups excluding carboxylic acids is 1. The first-order chi connectivity index (χ1) is 9.10. The lowest BCUT2D eigenvalue weighted by Gasteiger charge is -2.25. The van der Waals surface area contributed by atoms with E-state index in [1.165, 1.54) is 31.3 Å². The second kappa shape index (κ2) is 6.56. The van der Waals surface area contributed by atoms with Gasteiger partial charge in [0.1, 0.15) is 0 Å². The molecule has 0 N–H and O–H groups in total. The van der Waals surface area contributed by atoms with Crippen molar-refractivity contribution in [3.63, 3.8) is 0 Å². The first kappa shape index (κ1) is 14.6. The van der Waals surface area contributed by atoms with Gasteiger partial charge in [-0.2, -0.15) is 0 Å². The van der Waals surface area contributed by atoms with Crippen molar-refractivity contribution in [2.24, 2.45) is 5.92 Å². The number of nitrogens with zero attached hydrogens (tertiary/aromatic N) is 2. The number of likely N-dealkylation sites (N-methyl/N-ethyl adjacent to an activating group) is 1. The highest BCUT2D eigenvalue weighted by molar-refractivity contribution is 5.79. The second-order valence-electron chi connectivity index (χ2n) is 6.39. The smallest absolute Gasteiger partial charge is 0.223 e. The van der Waals surface area contributed by atoms with Crippen molar-refractivity contribution in [2.45, 2.75) is 52.0 Å². The van der Waals surface area contributed by atoms with Gasteiger partial charge in [0.15, 0.2) is 0 Å². The summed E-state index contributed by atoms with van der Waals surface area (Å²) >= 11 is 0. The Labute approximate surface area is 117 Å². The Kier molecular flexibility index (Phi) is 5.03. The van der Waals surface area contributed by atoms with Crippen LogP contribution in [-0.4, -0.2) is 48.4 Å². The van der Waals surface area contributed by atoms with Crippen LogP contribution in [-0.2, 0) is 4.79 Å². The van der Waals surface area contributed by atoms with Gasteiger partial charge in [-0.15, -0.1) is 0 Å². The number of carbonyl (C=O) groups is 1. The van der Waals surface area contributed by atoms with Gasteiger partial charge in [0.25, 0.3) is 0 Å². The maximum atomic E-state index is 12.1. The van der Waals surface area contributed by atoms with Crippen LogP contribution in [0, 0.1) is 5.92 Å². The van der Waals surface area contributed by atoms with Crippen molar-refractivity contribution in [3.05, 3.63) is 11.6 Å². The van der Waals surface area contributed by atoms with E-state index < -0.39 is 0 Å². The minimum atomic E-state index is 0.396. The van der Waals surface area contributed by atoms with E-state index in [0.717, 1.165) is 26.1 Å². The van der Waals surface area contributed by atoms with Gasteiger partial charge in [0.05, 0.1) is 0 Å². The van der Waals surface area contributed by atoms with Crippen LogP contribution in [0.4, 0.5) is 0 Å².